The van der Waals surface area contributed by atoms with Gasteiger partial charge in [-0.05, 0) is 26.3 Å². The average Bonchev–Trinajstić information content (AvgIpc) is 2.36. The lowest BCUT2D eigenvalue weighted by Crippen LogP contribution is -2.05. The van der Waals surface area contributed by atoms with E-state index >= 15 is 0 Å². The minimum atomic E-state index is 0.638. The number of aromatic nitrogens is 4. The molecule has 2 aromatic heterocycles. The van der Waals surface area contributed by atoms with E-state index in [4.69, 9.17) is 0 Å². The zero-order valence-electron chi connectivity index (χ0n) is 10.9. The van der Waals surface area contributed by atoms with Gasteiger partial charge in [0.1, 0.15) is 17.3 Å². The summed E-state index contributed by atoms with van der Waals surface area (Å²) in [6.07, 6.45) is 2.79. The Kier molecular flexibility index (Phi) is 3.82. The summed E-state index contributed by atoms with van der Waals surface area (Å²) >= 11 is 0. The van der Waals surface area contributed by atoms with E-state index in [-0.39, 0.29) is 0 Å². The molecule has 0 radical (unpaired) electrons. The van der Waals surface area contributed by atoms with Crippen molar-refractivity contribution in [1.82, 2.24) is 19.9 Å². The molecular weight excluding hydrogens is 226 g/mol. The van der Waals surface area contributed by atoms with E-state index in [1.54, 1.807) is 6.20 Å². The molecule has 94 valence electrons. The summed E-state index contributed by atoms with van der Waals surface area (Å²) in [4.78, 5) is 17.3. The molecule has 0 unspecified atom stereocenters. The van der Waals surface area contributed by atoms with Crippen LogP contribution in [0.15, 0.2) is 18.3 Å². The quantitative estimate of drug-likeness (QED) is 0.893. The smallest absolute Gasteiger partial charge is 0.180 e. The molecule has 0 aliphatic carbocycles. The largest absolute Gasteiger partial charge is 0.370 e. The Morgan fingerprint density at radius 3 is 2.72 bits per heavy atom. The zero-order valence-corrected chi connectivity index (χ0v) is 10.9. The van der Waals surface area contributed by atoms with Crippen molar-refractivity contribution in [3.63, 3.8) is 0 Å². The Hall–Kier alpha value is -2.04. The van der Waals surface area contributed by atoms with Gasteiger partial charge in [-0.15, -0.1) is 0 Å². The van der Waals surface area contributed by atoms with E-state index in [1.807, 2.05) is 26.0 Å². The summed E-state index contributed by atoms with van der Waals surface area (Å²) in [5, 5.41) is 3.27. The first-order chi connectivity index (χ1) is 8.69. The fourth-order valence-corrected chi connectivity index (χ4v) is 1.61. The predicted octanol–water partition coefficient (Wildman–Crippen LogP) is 2.37. The van der Waals surface area contributed by atoms with E-state index in [2.05, 4.69) is 32.2 Å². The number of nitrogens with one attached hydrogen (secondary N) is 1. The van der Waals surface area contributed by atoms with E-state index in [9.17, 15) is 0 Å². The number of rotatable bonds is 4. The van der Waals surface area contributed by atoms with Crippen molar-refractivity contribution in [2.75, 3.05) is 11.9 Å². The second kappa shape index (κ2) is 5.53. The molecule has 0 bridgehead atoms. The molecule has 5 nitrogen and oxygen atoms in total. The third kappa shape index (κ3) is 3.00. The number of aryl methyl sites for hydroxylation is 2. The summed E-state index contributed by atoms with van der Waals surface area (Å²) in [6, 6.07) is 3.76. The average molecular weight is 243 g/mol. The monoisotopic (exact) mass is 243 g/mol. The normalized spacial score (nSPS) is 10.4. The summed E-state index contributed by atoms with van der Waals surface area (Å²) < 4.78 is 0. The summed E-state index contributed by atoms with van der Waals surface area (Å²) in [5.41, 5.74) is 1.68. The van der Waals surface area contributed by atoms with Crippen LogP contribution in [0.25, 0.3) is 11.5 Å². The number of anilines is 1. The standard InChI is InChI=1S/C13H17N5/c1-4-6-15-12-8-9(2)16-13(18-12)11-5-7-14-10(3)17-11/h5,7-8H,4,6H2,1-3H3,(H,15,16,18). The lowest BCUT2D eigenvalue weighted by Gasteiger charge is -2.07. The van der Waals surface area contributed by atoms with Gasteiger partial charge < -0.3 is 5.32 Å². The fourth-order valence-electron chi connectivity index (χ4n) is 1.61. The van der Waals surface area contributed by atoms with Gasteiger partial charge in [-0.1, -0.05) is 6.92 Å². The highest BCUT2D eigenvalue weighted by Crippen LogP contribution is 2.15. The van der Waals surface area contributed by atoms with Gasteiger partial charge in [0.15, 0.2) is 5.82 Å². The Bertz CT molecular complexity index is 539. The highest BCUT2D eigenvalue weighted by molar-refractivity contribution is 5.52. The Morgan fingerprint density at radius 1 is 1.17 bits per heavy atom. The first-order valence-electron chi connectivity index (χ1n) is 6.08. The highest BCUT2D eigenvalue weighted by atomic mass is 15.0. The third-order valence-electron chi connectivity index (χ3n) is 2.42. The number of hydrogen-bond donors (Lipinski definition) is 1. The molecule has 2 heterocycles. The molecule has 0 aliphatic heterocycles. The van der Waals surface area contributed by atoms with E-state index in [1.165, 1.54) is 0 Å². The molecule has 0 aromatic carbocycles. The minimum absolute atomic E-state index is 0.638. The fraction of sp³-hybridized carbons (Fsp3) is 0.385. The second-order valence-electron chi connectivity index (χ2n) is 4.13. The molecule has 5 heteroatoms. The van der Waals surface area contributed by atoms with Gasteiger partial charge in [0.05, 0.1) is 0 Å². The van der Waals surface area contributed by atoms with Crippen LogP contribution in [0, 0.1) is 13.8 Å². The molecular formula is C13H17N5. The molecule has 0 aliphatic rings. The summed E-state index contributed by atoms with van der Waals surface area (Å²) in [6.45, 7) is 6.83. The molecule has 0 saturated heterocycles. The van der Waals surface area contributed by atoms with Gasteiger partial charge in [-0.3, -0.25) is 0 Å². The predicted molar refractivity (Wildman–Crippen MR) is 71.3 cm³/mol. The van der Waals surface area contributed by atoms with Gasteiger partial charge in [-0.25, -0.2) is 19.9 Å². The van der Waals surface area contributed by atoms with E-state index in [0.29, 0.717) is 5.82 Å². The van der Waals surface area contributed by atoms with Crippen LogP contribution in [0.1, 0.15) is 24.9 Å². The van der Waals surface area contributed by atoms with Crippen LogP contribution in [-0.4, -0.2) is 26.5 Å². The van der Waals surface area contributed by atoms with Crippen LogP contribution in [0.5, 0.6) is 0 Å². The van der Waals surface area contributed by atoms with Crippen LogP contribution in [-0.2, 0) is 0 Å². The molecule has 2 aromatic rings. The SMILES string of the molecule is CCCNc1cc(C)nc(-c2ccnc(C)n2)n1. The van der Waals surface area contributed by atoms with Crippen LogP contribution in [0.4, 0.5) is 5.82 Å². The summed E-state index contributed by atoms with van der Waals surface area (Å²) in [7, 11) is 0. The van der Waals surface area contributed by atoms with Crippen LogP contribution < -0.4 is 5.32 Å². The lowest BCUT2D eigenvalue weighted by atomic mass is 10.3. The minimum Gasteiger partial charge on any atom is -0.370 e. The highest BCUT2D eigenvalue weighted by Gasteiger charge is 2.06. The first-order valence-corrected chi connectivity index (χ1v) is 6.08. The molecule has 0 saturated carbocycles. The lowest BCUT2D eigenvalue weighted by molar-refractivity contribution is 0.958. The number of hydrogen-bond acceptors (Lipinski definition) is 5. The second-order valence-corrected chi connectivity index (χ2v) is 4.13. The van der Waals surface area contributed by atoms with Gasteiger partial charge in [-0.2, -0.15) is 0 Å². The van der Waals surface area contributed by atoms with E-state index in [0.717, 1.165) is 36.0 Å². The van der Waals surface area contributed by atoms with Crippen molar-refractivity contribution in [2.45, 2.75) is 27.2 Å². The van der Waals surface area contributed by atoms with Crippen molar-refractivity contribution >= 4 is 5.82 Å². The maximum absolute atomic E-state index is 4.47. The molecule has 0 fully saturated rings. The van der Waals surface area contributed by atoms with Crippen molar-refractivity contribution in [1.29, 1.82) is 0 Å². The Labute approximate surface area is 107 Å². The van der Waals surface area contributed by atoms with E-state index < -0.39 is 0 Å². The maximum atomic E-state index is 4.47. The van der Waals surface area contributed by atoms with Gasteiger partial charge in [0.2, 0.25) is 0 Å². The Morgan fingerprint density at radius 2 is 2.00 bits per heavy atom. The van der Waals surface area contributed by atoms with Gasteiger partial charge in [0.25, 0.3) is 0 Å². The zero-order chi connectivity index (χ0) is 13.0. The molecule has 1 N–H and O–H groups in total. The van der Waals surface area contributed by atoms with Crippen LogP contribution >= 0.6 is 0 Å². The van der Waals surface area contributed by atoms with Gasteiger partial charge >= 0.3 is 0 Å². The van der Waals surface area contributed by atoms with Crippen molar-refractivity contribution in [3.8, 4) is 11.5 Å². The van der Waals surface area contributed by atoms with Crippen LogP contribution in [0.3, 0.4) is 0 Å². The maximum Gasteiger partial charge on any atom is 0.180 e. The van der Waals surface area contributed by atoms with Crippen molar-refractivity contribution in [2.24, 2.45) is 0 Å². The molecule has 0 atom stereocenters. The molecule has 2 rings (SSSR count). The topological polar surface area (TPSA) is 63.6 Å². The molecule has 18 heavy (non-hydrogen) atoms. The van der Waals surface area contributed by atoms with Crippen molar-refractivity contribution in [3.05, 3.63) is 29.8 Å². The summed E-state index contributed by atoms with van der Waals surface area (Å²) in [5.74, 6) is 2.20. The van der Waals surface area contributed by atoms with Crippen molar-refractivity contribution < 1.29 is 0 Å². The molecule has 0 spiro atoms. The molecule has 0 amide bonds. The Balaban J connectivity index is 2.35. The number of nitrogens with zero attached hydrogens (tertiary/aromatic N) is 4. The first kappa shape index (κ1) is 12.4. The van der Waals surface area contributed by atoms with Gasteiger partial charge in [0, 0.05) is 24.5 Å². The third-order valence-corrected chi connectivity index (χ3v) is 2.42. The van der Waals surface area contributed by atoms with Crippen LogP contribution in [0.2, 0.25) is 0 Å².